The van der Waals surface area contributed by atoms with Gasteiger partial charge >= 0.3 is 5.97 Å². The van der Waals surface area contributed by atoms with Gasteiger partial charge in [-0.15, -0.1) is 23.1 Å². The first-order valence-corrected chi connectivity index (χ1v) is 10.0. The summed E-state index contributed by atoms with van der Waals surface area (Å²) in [7, 11) is 0. The van der Waals surface area contributed by atoms with E-state index in [-0.39, 0.29) is 23.7 Å². The number of hydrogen-bond donors (Lipinski definition) is 1. The number of thioether (sulfide) groups is 1. The molecule has 3 heterocycles. The fourth-order valence-electron chi connectivity index (χ4n) is 2.87. The van der Waals surface area contributed by atoms with E-state index in [1.807, 2.05) is 17.5 Å². The predicted molar refractivity (Wildman–Crippen MR) is 93.1 cm³/mol. The van der Waals surface area contributed by atoms with E-state index in [4.69, 9.17) is 0 Å². The average molecular weight is 419 g/mol. The van der Waals surface area contributed by atoms with E-state index in [2.05, 4.69) is 15.9 Å². The highest BCUT2D eigenvalue weighted by molar-refractivity contribution is 9.09. The van der Waals surface area contributed by atoms with Crippen LogP contribution in [0.4, 0.5) is 5.00 Å². The second-order valence-electron chi connectivity index (χ2n) is 5.67. The Kier molecular flexibility index (Phi) is 4.45. The van der Waals surface area contributed by atoms with E-state index < -0.39 is 17.4 Å². The number of carbonyl (C=O) groups excluding carboxylic acids is 2. The summed E-state index contributed by atoms with van der Waals surface area (Å²) in [5.41, 5.74) is -0.966. The molecule has 124 valence electrons. The second kappa shape index (κ2) is 6.10. The van der Waals surface area contributed by atoms with Crippen LogP contribution in [0.25, 0.3) is 0 Å². The van der Waals surface area contributed by atoms with E-state index in [9.17, 15) is 19.5 Å². The first kappa shape index (κ1) is 16.8. The van der Waals surface area contributed by atoms with Crippen LogP contribution in [0, 0.1) is 5.41 Å². The Balaban J connectivity index is 1.83. The lowest BCUT2D eigenvalue weighted by Crippen LogP contribution is -2.74. The highest BCUT2D eigenvalue weighted by Gasteiger charge is 2.59. The highest BCUT2D eigenvalue weighted by atomic mass is 79.9. The van der Waals surface area contributed by atoms with Crippen molar-refractivity contribution >= 4 is 61.8 Å². The molecule has 0 spiro atoms. The molecule has 0 aliphatic carbocycles. The maximum Gasteiger partial charge on any atom is 0.313 e. The number of carboxylic acids is 1. The Morgan fingerprint density at radius 3 is 2.83 bits per heavy atom. The fourth-order valence-corrected chi connectivity index (χ4v) is 6.14. The van der Waals surface area contributed by atoms with Crippen molar-refractivity contribution < 1.29 is 19.5 Å². The zero-order chi connectivity index (χ0) is 16.8. The van der Waals surface area contributed by atoms with Gasteiger partial charge in [0.05, 0.1) is 5.00 Å². The van der Waals surface area contributed by atoms with Gasteiger partial charge in [-0.1, -0.05) is 15.9 Å². The summed E-state index contributed by atoms with van der Waals surface area (Å²) in [6, 6.07) is 3.11. The number of carboxylic acid groups (broad SMARTS) is 1. The van der Waals surface area contributed by atoms with Crippen LogP contribution in [0.3, 0.4) is 0 Å². The predicted octanol–water partition coefficient (Wildman–Crippen LogP) is 1.85. The standard InChI is InChI=1S/C14H15BrN2O4S2/c1-8(18)17(9-3-2-4-22-9)10-11(19)16-6-14(5-15,13(20)21)7-23-12(10)16/h2-4,10,12H,5-7H2,1H3,(H,20,21)/t10?,12-,14?/m1/s1. The van der Waals surface area contributed by atoms with Crippen molar-refractivity contribution in [2.24, 2.45) is 5.41 Å². The molecule has 23 heavy (non-hydrogen) atoms. The van der Waals surface area contributed by atoms with Gasteiger partial charge in [0.2, 0.25) is 11.8 Å². The third-order valence-corrected chi connectivity index (χ3v) is 7.70. The minimum Gasteiger partial charge on any atom is -0.481 e. The number of anilines is 1. The molecule has 2 aliphatic rings. The minimum absolute atomic E-state index is 0.177. The van der Waals surface area contributed by atoms with Crippen LogP contribution in [0.15, 0.2) is 17.5 Å². The normalized spacial score (nSPS) is 29.7. The molecule has 2 fully saturated rings. The number of halogens is 1. The van der Waals surface area contributed by atoms with Gasteiger partial charge in [0, 0.05) is 24.6 Å². The number of amides is 2. The van der Waals surface area contributed by atoms with Crippen molar-refractivity contribution in [2.75, 3.05) is 22.5 Å². The summed E-state index contributed by atoms with van der Waals surface area (Å²) in [6.45, 7) is 1.62. The number of aliphatic carboxylic acids is 1. The minimum atomic E-state index is -0.966. The first-order valence-electron chi connectivity index (χ1n) is 6.96. The Morgan fingerprint density at radius 1 is 1.57 bits per heavy atom. The maximum atomic E-state index is 12.6. The summed E-state index contributed by atoms with van der Waals surface area (Å²) < 4.78 is 0. The average Bonchev–Trinajstić information content (AvgIpc) is 3.04. The van der Waals surface area contributed by atoms with E-state index in [1.54, 1.807) is 4.90 Å². The van der Waals surface area contributed by atoms with Crippen LogP contribution < -0.4 is 4.90 Å². The van der Waals surface area contributed by atoms with Gasteiger partial charge in [-0.2, -0.15) is 0 Å². The van der Waals surface area contributed by atoms with Gasteiger partial charge < -0.3 is 10.0 Å². The third kappa shape index (κ3) is 2.58. The lowest BCUT2D eigenvalue weighted by atomic mass is 9.89. The van der Waals surface area contributed by atoms with Crippen molar-refractivity contribution in [3.05, 3.63) is 17.5 Å². The summed E-state index contributed by atoms with van der Waals surface area (Å²) in [5, 5.41) is 12.2. The maximum absolute atomic E-state index is 12.6. The lowest BCUT2D eigenvalue weighted by molar-refractivity contribution is -0.156. The largest absolute Gasteiger partial charge is 0.481 e. The fraction of sp³-hybridized carbons (Fsp3) is 0.500. The number of β-lactam (4-membered cyclic amide) rings is 1. The van der Waals surface area contributed by atoms with E-state index in [0.29, 0.717) is 11.1 Å². The van der Waals surface area contributed by atoms with Crippen molar-refractivity contribution in [2.45, 2.75) is 18.3 Å². The van der Waals surface area contributed by atoms with Crippen molar-refractivity contribution in [3.8, 4) is 0 Å². The number of rotatable bonds is 4. The van der Waals surface area contributed by atoms with Crippen LogP contribution >= 0.6 is 39.0 Å². The second-order valence-corrected chi connectivity index (χ2v) is 8.26. The highest BCUT2D eigenvalue weighted by Crippen LogP contribution is 2.45. The van der Waals surface area contributed by atoms with Crippen LogP contribution in [0.5, 0.6) is 0 Å². The van der Waals surface area contributed by atoms with Crippen molar-refractivity contribution in [1.29, 1.82) is 0 Å². The first-order chi connectivity index (χ1) is 10.9. The molecule has 2 amide bonds. The molecular weight excluding hydrogens is 404 g/mol. The number of alkyl halides is 1. The van der Waals surface area contributed by atoms with E-state index >= 15 is 0 Å². The van der Waals surface area contributed by atoms with Gasteiger partial charge in [0.1, 0.15) is 16.8 Å². The monoisotopic (exact) mass is 418 g/mol. The Hall–Kier alpha value is -1.06. The lowest BCUT2D eigenvalue weighted by Gasteiger charge is -2.55. The number of hydrogen-bond acceptors (Lipinski definition) is 5. The van der Waals surface area contributed by atoms with Crippen LogP contribution in [0.2, 0.25) is 0 Å². The van der Waals surface area contributed by atoms with Gasteiger partial charge in [-0.25, -0.2) is 0 Å². The molecule has 0 saturated carbocycles. The Morgan fingerprint density at radius 2 is 2.30 bits per heavy atom. The molecule has 3 rings (SSSR count). The Bertz CT molecular complexity index is 653. The number of fused-ring (bicyclic) bond motifs is 1. The quantitative estimate of drug-likeness (QED) is 0.596. The molecule has 0 radical (unpaired) electrons. The number of carbonyl (C=O) groups is 3. The molecule has 3 atom stereocenters. The molecular formula is C14H15BrN2O4S2. The van der Waals surface area contributed by atoms with Crippen LogP contribution in [0.1, 0.15) is 6.92 Å². The van der Waals surface area contributed by atoms with Crippen molar-refractivity contribution in [1.82, 2.24) is 4.90 Å². The molecule has 0 aromatic carbocycles. The third-order valence-electron chi connectivity index (χ3n) is 4.19. The zero-order valence-electron chi connectivity index (χ0n) is 12.3. The van der Waals surface area contributed by atoms with Crippen molar-refractivity contribution in [3.63, 3.8) is 0 Å². The van der Waals surface area contributed by atoms with Gasteiger partial charge in [-0.05, 0) is 17.5 Å². The summed E-state index contributed by atoms with van der Waals surface area (Å²) in [5.74, 6) is -0.855. The molecule has 2 saturated heterocycles. The van der Waals surface area contributed by atoms with Gasteiger partial charge in [0.15, 0.2) is 0 Å². The zero-order valence-corrected chi connectivity index (χ0v) is 15.5. The topological polar surface area (TPSA) is 77.9 Å². The molecule has 1 aromatic rings. The van der Waals surface area contributed by atoms with E-state index in [1.165, 1.54) is 34.9 Å². The molecule has 1 N–H and O–H groups in total. The smallest absolute Gasteiger partial charge is 0.313 e. The molecule has 1 aromatic heterocycles. The number of nitrogens with zero attached hydrogens (tertiary/aromatic N) is 2. The van der Waals surface area contributed by atoms with Crippen LogP contribution in [-0.2, 0) is 14.4 Å². The molecule has 9 heteroatoms. The summed E-state index contributed by atoms with van der Waals surface area (Å²) in [6.07, 6.45) is 0. The summed E-state index contributed by atoms with van der Waals surface area (Å²) in [4.78, 5) is 39.3. The Labute approximate surface area is 149 Å². The molecule has 2 aliphatic heterocycles. The van der Waals surface area contributed by atoms with E-state index in [0.717, 1.165) is 5.00 Å². The van der Waals surface area contributed by atoms with Crippen LogP contribution in [-0.4, -0.2) is 56.8 Å². The summed E-state index contributed by atoms with van der Waals surface area (Å²) >= 11 is 6.11. The molecule has 2 unspecified atom stereocenters. The molecule has 0 bridgehead atoms. The van der Waals surface area contributed by atoms with Gasteiger partial charge in [-0.3, -0.25) is 19.3 Å². The number of thiophene rings is 1. The SMILES string of the molecule is CC(=O)N(c1cccs1)C1C(=O)N2CC(CBr)(C(=O)O)CS[C@H]12. The van der Waals surface area contributed by atoms with Gasteiger partial charge in [0.25, 0.3) is 0 Å². The molecule has 6 nitrogen and oxygen atoms in total.